The van der Waals surface area contributed by atoms with Crippen LogP contribution in [0.15, 0.2) is 40.2 Å². The first kappa shape index (κ1) is 18.1. The quantitative estimate of drug-likeness (QED) is 0.682. The van der Waals surface area contributed by atoms with E-state index in [1.54, 1.807) is 0 Å². The average Bonchev–Trinajstić information content (AvgIpc) is 3.31. The van der Waals surface area contributed by atoms with Crippen LogP contribution in [0.4, 0.5) is 0 Å². The third-order valence-corrected chi connectivity index (χ3v) is 4.91. The Morgan fingerprint density at radius 2 is 2.15 bits per heavy atom. The number of benzene rings is 1. The smallest absolute Gasteiger partial charge is 0.261 e. The average molecular weight is 371 g/mol. The van der Waals surface area contributed by atoms with Gasteiger partial charge in [0, 0.05) is 0 Å². The third-order valence-electron chi connectivity index (χ3n) is 4.04. The molecule has 0 unspecified atom stereocenters. The van der Waals surface area contributed by atoms with Crippen molar-refractivity contribution in [2.24, 2.45) is 0 Å². The Balaban J connectivity index is 1.58. The number of ether oxygens (including phenoxy) is 1. The molecule has 0 aliphatic heterocycles. The number of nitrogens with zero attached hydrogens (tertiary/aromatic N) is 2. The van der Waals surface area contributed by atoms with Crippen LogP contribution in [-0.2, 0) is 11.3 Å². The van der Waals surface area contributed by atoms with Crippen molar-refractivity contribution >= 4 is 17.2 Å². The van der Waals surface area contributed by atoms with Gasteiger partial charge in [-0.1, -0.05) is 24.2 Å². The van der Waals surface area contributed by atoms with Gasteiger partial charge in [0.2, 0.25) is 11.7 Å². The minimum Gasteiger partial charge on any atom is -0.481 e. The third kappa shape index (κ3) is 4.29. The van der Waals surface area contributed by atoms with E-state index >= 15 is 0 Å². The molecule has 7 heteroatoms. The van der Waals surface area contributed by atoms with Gasteiger partial charge in [-0.2, -0.15) is 4.98 Å². The molecule has 1 amide bonds. The summed E-state index contributed by atoms with van der Waals surface area (Å²) < 4.78 is 11.0. The Labute approximate surface area is 156 Å². The summed E-state index contributed by atoms with van der Waals surface area (Å²) in [5.74, 6) is 1.37. The zero-order valence-corrected chi connectivity index (χ0v) is 15.8. The lowest BCUT2D eigenvalue weighted by molar-refractivity contribution is -0.128. The molecule has 2 aromatic heterocycles. The summed E-state index contributed by atoms with van der Waals surface area (Å²) in [5.41, 5.74) is 2.32. The summed E-state index contributed by atoms with van der Waals surface area (Å²) in [6.45, 7) is 6.14. The van der Waals surface area contributed by atoms with E-state index in [2.05, 4.69) is 15.5 Å². The highest BCUT2D eigenvalue weighted by Gasteiger charge is 2.19. The lowest BCUT2D eigenvalue weighted by Crippen LogP contribution is -2.37. The van der Waals surface area contributed by atoms with Gasteiger partial charge >= 0.3 is 0 Å². The van der Waals surface area contributed by atoms with Crippen LogP contribution in [-0.4, -0.2) is 22.2 Å². The molecule has 3 aromatic rings. The number of carbonyl (C=O) groups is 1. The molecule has 0 aliphatic rings. The van der Waals surface area contributed by atoms with Gasteiger partial charge in [0.05, 0.1) is 11.4 Å². The van der Waals surface area contributed by atoms with E-state index in [-0.39, 0.29) is 12.5 Å². The van der Waals surface area contributed by atoms with Crippen LogP contribution in [0.5, 0.6) is 5.75 Å². The summed E-state index contributed by atoms with van der Waals surface area (Å²) in [5, 5.41) is 8.67. The van der Waals surface area contributed by atoms with Crippen LogP contribution in [0.2, 0.25) is 0 Å². The number of hydrogen-bond donors (Lipinski definition) is 1. The predicted octanol–water partition coefficient (Wildman–Crippen LogP) is 3.89. The second-order valence-electron chi connectivity index (χ2n) is 5.97. The molecule has 26 heavy (non-hydrogen) atoms. The van der Waals surface area contributed by atoms with Crippen molar-refractivity contribution in [1.82, 2.24) is 15.5 Å². The highest BCUT2D eigenvalue weighted by atomic mass is 32.1. The molecule has 0 aliphatic carbocycles. The van der Waals surface area contributed by atoms with Crippen LogP contribution >= 0.6 is 11.3 Å². The van der Waals surface area contributed by atoms with Gasteiger partial charge in [-0.25, -0.2) is 0 Å². The summed E-state index contributed by atoms with van der Waals surface area (Å²) in [7, 11) is 0. The van der Waals surface area contributed by atoms with E-state index < -0.39 is 6.10 Å². The molecule has 0 spiro atoms. The van der Waals surface area contributed by atoms with Crippen molar-refractivity contribution in [2.75, 3.05) is 0 Å². The van der Waals surface area contributed by atoms with Gasteiger partial charge in [-0.15, -0.1) is 11.3 Å². The molecule has 136 valence electrons. The first-order valence-electron chi connectivity index (χ1n) is 8.45. The monoisotopic (exact) mass is 371 g/mol. The first-order chi connectivity index (χ1) is 12.6. The zero-order valence-electron chi connectivity index (χ0n) is 15.0. The summed E-state index contributed by atoms with van der Waals surface area (Å²) in [6.07, 6.45) is -0.0138. The van der Waals surface area contributed by atoms with Gasteiger partial charge in [-0.05, 0) is 55.0 Å². The van der Waals surface area contributed by atoms with E-state index in [9.17, 15) is 4.79 Å². The van der Waals surface area contributed by atoms with Crippen LogP contribution in [0.1, 0.15) is 30.4 Å². The SMILES string of the molecule is CC[C@H](Oc1ccc(C)c(C)c1)C(=O)NCc1nc(-c2cccs2)no1. The maximum atomic E-state index is 12.4. The number of carbonyl (C=O) groups excluding carboxylic acids is 1. The molecular weight excluding hydrogens is 350 g/mol. The lowest BCUT2D eigenvalue weighted by atomic mass is 10.1. The van der Waals surface area contributed by atoms with Gasteiger partial charge < -0.3 is 14.6 Å². The molecule has 2 heterocycles. The van der Waals surface area contributed by atoms with E-state index in [0.29, 0.717) is 23.9 Å². The van der Waals surface area contributed by atoms with Crippen LogP contribution in [0.25, 0.3) is 10.7 Å². The van der Waals surface area contributed by atoms with E-state index in [0.717, 1.165) is 10.4 Å². The van der Waals surface area contributed by atoms with Crippen molar-refractivity contribution in [3.63, 3.8) is 0 Å². The summed E-state index contributed by atoms with van der Waals surface area (Å²) in [4.78, 5) is 17.6. The van der Waals surface area contributed by atoms with E-state index in [1.165, 1.54) is 16.9 Å². The number of nitrogens with one attached hydrogen (secondary N) is 1. The van der Waals surface area contributed by atoms with Crippen LogP contribution in [0, 0.1) is 13.8 Å². The number of aromatic nitrogens is 2. The summed E-state index contributed by atoms with van der Waals surface area (Å²) in [6, 6.07) is 9.65. The fourth-order valence-electron chi connectivity index (χ4n) is 2.38. The zero-order chi connectivity index (χ0) is 18.5. The van der Waals surface area contributed by atoms with Crippen molar-refractivity contribution < 1.29 is 14.1 Å². The van der Waals surface area contributed by atoms with Gasteiger partial charge in [-0.3, -0.25) is 4.79 Å². The number of thiophene rings is 1. The lowest BCUT2D eigenvalue weighted by Gasteiger charge is -2.17. The molecule has 3 rings (SSSR count). The molecule has 0 fully saturated rings. The number of aryl methyl sites for hydroxylation is 2. The highest BCUT2D eigenvalue weighted by molar-refractivity contribution is 7.13. The van der Waals surface area contributed by atoms with Crippen molar-refractivity contribution in [1.29, 1.82) is 0 Å². The maximum absolute atomic E-state index is 12.4. The molecule has 0 saturated heterocycles. The standard InChI is InChI=1S/C19H21N3O3S/c1-4-15(24-14-8-7-12(2)13(3)10-14)19(23)20-11-17-21-18(22-25-17)16-6-5-9-26-16/h5-10,15H,4,11H2,1-3H3,(H,20,23)/t15-/m0/s1. The highest BCUT2D eigenvalue weighted by Crippen LogP contribution is 2.21. The fourth-order valence-corrected chi connectivity index (χ4v) is 3.03. The van der Waals surface area contributed by atoms with Gasteiger partial charge in [0.25, 0.3) is 5.91 Å². The Hall–Kier alpha value is -2.67. The molecule has 1 atom stereocenters. The molecule has 1 aromatic carbocycles. The normalized spacial score (nSPS) is 12.0. The molecule has 0 radical (unpaired) electrons. The van der Waals surface area contributed by atoms with Gasteiger partial charge in [0.15, 0.2) is 6.10 Å². The predicted molar refractivity (Wildman–Crippen MR) is 100 cm³/mol. The van der Waals surface area contributed by atoms with Crippen molar-refractivity contribution in [2.45, 2.75) is 39.8 Å². The van der Waals surface area contributed by atoms with Crippen molar-refractivity contribution in [3.8, 4) is 16.5 Å². The second-order valence-corrected chi connectivity index (χ2v) is 6.92. The van der Waals surface area contributed by atoms with E-state index in [1.807, 2.05) is 56.5 Å². The second kappa shape index (κ2) is 8.14. The van der Waals surface area contributed by atoms with Gasteiger partial charge in [0.1, 0.15) is 5.75 Å². The van der Waals surface area contributed by atoms with E-state index in [4.69, 9.17) is 9.26 Å². The number of hydrogen-bond acceptors (Lipinski definition) is 6. The minimum atomic E-state index is -0.572. The molecule has 0 saturated carbocycles. The summed E-state index contributed by atoms with van der Waals surface area (Å²) >= 11 is 1.53. The Morgan fingerprint density at radius 1 is 1.31 bits per heavy atom. The minimum absolute atomic E-state index is 0.171. The molecular formula is C19H21N3O3S. The molecule has 1 N–H and O–H groups in total. The fraction of sp³-hybridized carbons (Fsp3) is 0.316. The maximum Gasteiger partial charge on any atom is 0.261 e. The molecule has 6 nitrogen and oxygen atoms in total. The Bertz CT molecular complexity index is 874. The largest absolute Gasteiger partial charge is 0.481 e. The van der Waals surface area contributed by atoms with Crippen molar-refractivity contribution in [3.05, 3.63) is 52.7 Å². The Kier molecular flexibility index (Phi) is 5.68. The number of rotatable bonds is 7. The number of amides is 1. The Morgan fingerprint density at radius 3 is 2.85 bits per heavy atom. The van der Waals surface area contributed by atoms with Crippen LogP contribution in [0.3, 0.4) is 0 Å². The topological polar surface area (TPSA) is 77.2 Å². The molecule has 0 bridgehead atoms. The van der Waals surface area contributed by atoms with Crippen LogP contribution < -0.4 is 10.1 Å². The first-order valence-corrected chi connectivity index (χ1v) is 9.33.